The van der Waals surface area contributed by atoms with E-state index < -0.39 is 5.97 Å². The van der Waals surface area contributed by atoms with Gasteiger partial charge < -0.3 is 9.47 Å². The van der Waals surface area contributed by atoms with Crippen molar-refractivity contribution in [1.82, 2.24) is 5.43 Å². The van der Waals surface area contributed by atoms with Gasteiger partial charge in [-0.15, -0.1) is 0 Å². The molecule has 0 unspecified atom stereocenters. The molecule has 0 heterocycles. The molecule has 0 aliphatic rings. The van der Waals surface area contributed by atoms with Crippen LogP contribution in [-0.2, 0) is 9.53 Å². The Morgan fingerprint density at radius 3 is 2.52 bits per heavy atom. The number of amides is 1. The highest BCUT2D eigenvalue weighted by Gasteiger charge is 2.05. The minimum Gasteiger partial charge on any atom is -0.483 e. The van der Waals surface area contributed by atoms with Crippen molar-refractivity contribution >= 4 is 18.1 Å². The summed E-state index contributed by atoms with van der Waals surface area (Å²) >= 11 is 0. The van der Waals surface area contributed by atoms with Gasteiger partial charge in [0.15, 0.2) is 6.61 Å². The second-order valence-electron chi connectivity index (χ2n) is 5.46. The fourth-order valence-corrected chi connectivity index (χ4v) is 2.04. The molecule has 0 aromatic heterocycles. The number of nitrogens with zero attached hydrogens (tertiary/aromatic N) is 1. The van der Waals surface area contributed by atoms with Crippen LogP contribution in [0, 0.1) is 13.8 Å². The summed E-state index contributed by atoms with van der Waals surface area (Å²) in [5, 5.41) is 3.87. The van der Waals surface area contributed by atoms with E-state index in [2.05, 4.69) is 15.3 Å². The van der Waals surface area contributed by atoms with E-state index in [0.29, 0.717) is 11.3 Å². The van der Waals surface area contributed by atoms with Gasteiger partial charge in [-0.2, -0.15) is 5.10 Å². The van der Waals surface area contributed by atoms with Gasteiger partial charge in [-0.25, -0.2) is 10.2 Å². The Balaban J connectivity index is 1.84. The Morgan fingerprint density at radius 2 is 1.84 bits per heavy atom. The number of benzene rings is 2. The molecule has 0 spiro atoms. The first kappa shape index (κ1) is 18.2. The van der Waals surface area contributed by atoms with E-state index in [1.54, 1.807) is 24.3 Å². The van der Waals surface area contributed by atoms with E-state index in [1.165, 1.54) is 13.3 Å². The molecule has 6 heteroatoms. The quantitative estimate of drug-likeness (QED) is 0.498. The van der Waals surface area contributed by atoms with Crippen LogP contribution in [0.15, 0.2) is 47.6 Å². The monoisotopic (exact) mass is 340 g/mol. The third kappa shape index (κ3) is 5.46. The van der Waals surface area contributed by atoms with Gasteiger partial charge in [0.2, 0.25) is 0 Å². The maximum absolute atomic E-state index is 11.8. The van der Waals surface area contributed by atoms with E-state index in [4.69, 9.17) is 4.74 Å². The summed E-state index contributed by atoms with van der Waals surface area (Å²) in [6.07, 6.45) is 1.48. The number of hydrogen-bond donors (Lipinski definition) is 1. The third-order valence-corrected chi connectivity index (χ3v) is 3.44. The zero-order chi connectivity index (χ0) is 18.2. The molecule has 0 saturated heterocycles. The van der Waals surface area contributed by atoms with Crippen molar-refractivity contribution in [2.24, 2.45) is 5.10 Å². The molecule has 6 nitrogen and oxygen atoms in total. The Bertz CT molecular complexity index is 783. The molecule has 130 valence electrons. The summed E-state index contributed by atoms with van der Waals surface area (Å²) < 4.78 is 10.1. The fraction of sp³-hybridized carbons (Fsp3) is 0.211. The molecule has 0 atom stereocenters. The molecule has 1 N–H and O–H groups in total. The van der Waals surface area contributed by atoms with Crippen LogP contribution in [0.1, 0.15) is 27.0 Å². The molecule has 0 radical (unpaired) electrons. The van der Waals surface area contributed by atoms with Crippen LogP contribution >= 0.6 is 0 Å². The molecular weight excluding hydrogens is 320 g/mol. The predicted molar refractivity (Wildman–Crippen MR) is 94.9 cm³/mol. The van der Waals surface area contributed by atoms with Crippen molar-refractivity contribution in [1.29, 1.82) is 0 Å². The van der Waals surface area contributed by atoms with E-state index in [1.807, 2.05) is 32.0 Å². The molecule has 1 amide bonds. The standard InChI is InChI=1S/C19H20N2O4/c1-13-4-5-14(2)17(10-13)25-12-18(22)21-20-11-15-6-8-16(9-7-15)19(23)24-3/h4-11H,12H2,1-3H3,(H,21,22)/b20-11+. The number of hydrogen-bond acceptors (Lipinski definition) is 5. The predicted octanol–water partition coefficient (Wildman–Crippen LogP) is 2.62. The average molecular weight is 340 g/mol. The van der Waals surface area contributed by atoms with Gasteiger partial charge in [0.25, 0.3) is 5.91 Å². The van der Waals surface area contributed by atoms with Crippen molar-refractivity contribution in [3.8, 4) is 5.75 Å². The van der Waals surface area contributed by atoms with E-state index in [0.717, 1.165) is 16.7 Å². The van der Waals surface area contributed by atoms with Gasteiger partial charge in [0.05, 0.1) is 18.9 Å². The molecule has 0 bridgehead atoms. The second-order valence-corrected chi connectivity index (χ2v) is 5.46. The van der Waals surface area contributed by atoms with Crippen LogP contribution < -0.4 is 10.2 Å². The normalized spacial score (nSPS) is 10.5. The second kappa shape index (κ2) is 8.63. The van der Waals surface area contributed by atoms with E-state index in [9.17, 15) is 9.59 Å². The fourth-order valence-electron chi connectivity index (χ4n) is 2.04. The van der Waals surface area contributed by atoms with Crippen LogP contribution in [-0.4, -0.2) is 31.8 Å². The first-order valence-electron chi connectivity index (χ1n) is 7.70. The lowest BCUT2D eigenvalue weighted by Crippen LogP contribution is -2.24. The average Bonchev–Trinajstić information content (AvgIpc) is 2.62. The summed E-state index contributed by atoms with van der Waals surface area (Å²) in [4.78, 5) is 23.1. The zero-order valence-corrected chi connectivity index (χ0v) is 14.4. The van der Waals surface area contributed by atoms with Crippen molar-refractivity contribution in [3.05, 3.63) is 64.7 Å². The SMILES string of the molecule is COC(=O)c1ccc(/C=N/NC(=O)COc2cc(C)ccc2C)cc1. The van der Waals surface area contributed by atoms with Gasteiger partial charge >= 0.3 is 5.97 Å². The number of carbonyl (C=O) groups is 2. The number of ether oxygens (including phenoxy) is 2. The number of carbonyl (C=O) groups excluding carboxylic acids is 2. The lowest BCUT2D eigenvalue weighted by atomic mass is 10.1. The summed E-state index contributed by atoms with van der Waals surface area (Å²) in [7, 11) is 1.33. The van der Waals surface area contributed by atoms with E-state index in [-0.39, 0.29) is 12.5 Å². The van der Waals surface area contributed by atoms with Crippen molar-refractivity contribution in [3.63, 3.8) is 0 Å². The topological polar surface area (TPSA) is 77.0 Å². The summed E-state index contributed by atoms with van der Waals surface area (Å²) in [6, 6.07) is 12.5. The number of methoxy groups -OCH3 is 1. The van der Waals surface area contributed by atoms with Crippen LogP contribution in [0.5, 0.6) is 5.75 Å². The van der Waals surface area contributed by atoms with Crippen LogP contribution in [0.4, 0.5) is 0 Å². The third-order valence-electron chi connectivity index (χ3n) is 3.44. The number of esters is 1. The van der Waals surface area contributed by atoms with Gasteiger partial charge in [-0.1, -0.05) is 24.3 Å². The molecule has 0 aliphatic heterocycles. The van der Waals surface area contributed by atoms with Crippen LogP contribution in [0.25, 0.3) is 0 Å². The van der Waals surface area contributed by atoms with Gasteiger partial charge in [-0.3, -0.25) is 4.79 Å². The highest BCUT2D eigenvalue weighted by atomic mass is 16.5. The summed E-state index contributed by atoms with van der Waals surface area (Å²) in [5.74, 6) is -0.0822. The minimum absolute atomic E-state index is 0.122. The molecule has 25 heavy (non-hydrogen) atoms. The van der Waals surface area contributed by atoms with Gasteiger partial charge in [0, 0.05) is 0 Å². The van der Waals surface area contributed by atoms with Gasteiger partial charge in [-0.05, 0) is 48.7 Å². The molecular formula is C19H20N2O4. The number of hydrazone groups is 1. The Labute approximate surface area is 146 Å². The molecule has 0 saturated carbocycles. The minimum atomic E-state index is -0.402. The Hall–Kier alpha value is -3.15. The lowest BCUT2D eigenvalue weighted by molar-refractivity contribution is -0.123. The summed E-state index contributed by atoms with van der Waals surface area (Å²) in [6.45, 7) is 3.76. The van der Waals surface area contributed by atoms with Gasteiger partial charge in [0.1, 0.15) is 5.75 Å². The smallest absolute Gasteiger partial charge is 0.337 e. The Kier molecular flexibility index (Phi) is 6.28. The molecule has 0 fully saturated rings. The maximum atomic E-state index is 11.8. The van der Waals surface area contributed by atoms with E-state index >= 15 is 0 Å². The highest BCUT2D eigenvalue weighted by Crippen LogP contribution is 2.18. The number of aryl methyl sites for hydroxylation is 2. The number of rotatable bonds is 6. The zero-order valence-electron chi connectivity index (χ0n) is 14.4. The molecule has 2 aromatic carbocycles. The molecule has 0 aliphatic carbocycles. The largest absolute Gasteiger partial charge is 0.483 e. The lowest BCUT2D eigenvalue weighted by Gasteiger charge is -2.08. The Morgan fingerprint density at radius 1 is 1.12 bits per heavy atom. The van der Waals surface area contributed by atoms with Crippen molar-refractivity contribution in [2.45, 2.75) is 13.8 Å². The highest BCUT2D eigenvalue weighted by molar-refractivity contribution is 5.90. The van der Waals surface area contributed by atoms with Crippen LogP contribution in [0.3, 0.4) is 0 Å². The molecule has 2 aromatic rings. The first-order valence-corrected chi connectivity index (χ1v) is 7.70. The summed E-state index contributed by atoms with van der Waals surface area (Å²) in [5.41, 5.74) is 5.62. The molecule has 2 rings (SSSR count). The van der Waals surface area contributed by atoms with Crippen LogP contribution in [0.2, 0.25) is 0 Å². The van der Waals surface area contributed by atoms with Crippen molar-refractivity contribution < 1.29 is 19.1 Å². The number of nitrogens with one attached hydrogen (secondary N) is 1. The maximum Gasteiger partial charge on any atom is 0.337 e. The van der Waals surface area contributed by atoms with Crippen molar-refractivity contribution in [2.75, 3.05) is 13.7 Å². The first-order chi connectivity index (χ1) is 12.0.